The predicted octanol–water partition coefficient (Wildman–Crippen LogP) is 1.48. The Morgan fingerprint density at radius 3 is 2.72 bits per heavy atom. The monoisotopic (exact) mass is 310 g/mol. The van der Waals surface area contributed by atoms with Crippen LogP contribution in [0.3, 0.4) is 0 Å². The van der Waals surface area contributed by atoms with Crippen LogP contribution in [0.1, 0.15) is 17.7 Å². The van der Waals surface area contributed by atoms with Gasteiger partial charge in [0.2, 0.25) is 0 Å². The molecular formula is C13H19BrN4. The minimum atomic E-state index is 1.07. The zero-order valence-corrected chi connectivity index (χ0v) is 12.2. The summed E-state index contributed by atoms with van der Waals surface area (Å²) in [6, 6.07) is 0. The maximum Gasteiger partial charge on any atom is 0.135 e. The second-order valence-electron chi connectivity index (χ2n) is 4.99. The van der Waals surface area contributed by atoms with Gasteiger partial charge >= 0.3 is 0 Å². The van der Waals surface area contributed by atoms with Crippen LogP contribution in [0.25, 0.3) is 0 Å². The Bertz CT molecular complexity index is 415. The largest absolute Gasteiger partial charge is 0.354 e. The van der Waals surface area contributed by atoms with Crippen molar-refractivity contribution in [2.75, 3.05) is 43.0 Å². The zero-order valence-electron chi connectivity index (χ0n) is 10.6. The number of anilines is 1. The van der Waals surface area contributed by atoms with Crippen LogP contribution in [-0.4, -0.2) is 52.9 Å². The van der Waals surface area contributed by atoms with Gasteiger partial charge in [-0.05, 0) is 19.3 Å². The molecule has 3 rings (SSSR count). The Labute approximate surface area is 117 Å². The molecule has 1 fully saturated rings. The van der Waals surface area contributed by atoms with E-state index in [-0.39, 0.29) is 0 Å². The lowest BCUT2D eigenvalue weighted by atomic mass is 10.2. The van der Waals surface area contributed by atoms with Crippen LogP contribution in [0.2, 0.25) is 0 Å². The smallest absolute Gasteiger partial charge is 0.135 e. The highest BCUT2D eigenvalue weighted by molar-refractivity contribution is 9.09. The SMILES string of the molecule is BrCCN1CCN(c2ncnc3c2CCC3)CC1. The molecule has 18 heavy (non-hydrogen) atoms. The number of halogens is 1. The van der Waals surface area contributed by atoms with Crippen molar-refractivity contribution in [2.45, 2.75) is 19.3 Å². The Kier molecular flexibility index (Phi) is 3.80. The molecule has 0 aromatic carbocycles. The van der Waals surface area contributed by atoms with Gasteiger partial charge in [-0.2, -0.15) is 0 Å². The summed E-state index contributed by atoms with van der Waals surface area (Å²) in [6.45, 7) is 5.62. The van der Waals surface area contributed by atoms with Crippen molar-refractivity contribution < 1.29 is 0 Å². The summed E-state index contributed by atoms with van der Waals surface area (Å²) < 4.78 is 0. The zero-order chi connectivity index (χ0) is 12.4. The molecule has 1 saturated heterocycles. The number of hydrogen-bond donors (Lipinski definition) is 0. The summed E-state index contributed by atoms with van der Waals surface area (Å²) >= 11 is 3.51. The molecule has 0 unspecified atom stereocenters. The van der Waals surface area contributed by atoms with E-state index in [0.717, 1.165) is 50.9 Å². The Morgan fingerprint density at radius 2 is 1.94 bits per heavy atom. The van der Waals surface area contributed by atoms with Crippen molar-refractivity contribution in [3.05, 3.63) is 17.6 Å². The van der Waals surface area contributed by atoms with E-state index in [1.54, 1.807) is 6.33 Å². The van der Waals surface area contributed by atoms with E-state index in [2.05, 4.69) is 35.7 Å². The van der Waals surface area contributed by atoms with Gasteiger partial charge in [-0.3, -0.25) is 4.90 Å². The minimum absolute atomic E-state index is 1.07. The van der Waals surface area contributed by atoms with Crippen LogP contribution < -0.4 is 4.90 Å². The molecule has 1 aromatic heterocycles. The average molecular weight is 311 g/mol. The first-order chi connectivity index (χ1) is 8.88. The molecule has 2 heterocycles. The van der Waals surface area contributed by atoms with Gasteiger partial charge < -0.3 is 4.90 Å². The van der Waals surface area contributed by atoms with Gasteiger partial charge in [0.15, 0.2) is 0 Å². The van der Waals surface area contributed by atoms with Gasteiger partial charge in [0.05, 0.1) is 0 Å². The van der Waals surface area contributed by atoms with Crippen molar-refractivity contribution in [3.8, 4) is 0 Å². The maximum absolute atomic E-state index is 4.53. The molecule has 1 aliphatic heterocycles. The molecule has 98 valence electrons. The molecule has 1 aromatic rings. The molecular weight excluding hydrogens is 292 g/mol. The van der Waals surface area contributed by atoms with Crippen LogP contribution in [0.4, 0.5) is 5.82 Å². The first-order valence-electron chi connectivity index (χ1n) is 6.74. The Morgan fingerprint density at radius 1 is 1.11 bits per heavy atom. The summed E-state index contributed by atoms with van der Waals surface area (Å²) in [7, 11) is 0. The molecule has 0 radical (unpaired) electrons. The van der Waals surface area contributed by atoms with Gasteiger partial charge in [0.1, 0.15) is 12.1 Å². The number of aryl methyl sites for hydroxylation is 1. The summed E-state index contributed by atoms with van der Waals surface area (Å²) in [5.74, 6) is 1.20. The van der Waals surface area contributed by atoms with Gasteiger partial charge in [-0.25, -0.2) is 9.97 Å². The molecule has 0 saturated carbocycles. The lowest BCUT2D eigenvalue weighted by Gasteiger charge is -2.35. The predicted molar refractivity (Wildman–Crippen MR) is 76.5 cm³/mol. The fraction of sp³-hybridized carbons (Fsp3) is 0.692. The lowest BCUT2D eigenvalue weighted by molar-refractivity contribution is 0.273. The quantitative estimate of drug-likeness (QED) is 0.792. The third-order valence-corrected chi connectivity index (χ3v) is 4.28. The number of piperazine rings is 1. The highest BCUT2D eigenvalue weighted by Gasteiger charge is 2.23. The maximum atomic E-state index is 4.53. The summed E-state index contributed by atoms with van der Waals surface area (Å²) in [4.78, 5) is 13.9. The first-order valence-corrected chi connectivity index (χ1v) is 7.86. The van der Waals surface area contributed by atoms with E-state index in [9.17, 15) is 0 Å². The first kappa shape index (κ1) is 12.4. The molecule has 4 nitrogen and oxygen atoms in total. The molecule has 0 N–H and O–H groups in total. The molecule has 1 aliphatic carbocycles. The third-order valence-electron chi connectivity index (χ3n) is 3.92. The van der Waals surface area contributed by atoms with Crippen molar-refractivity contribution in [1.29, 1.82) is 0 Å². The molecule has 2 aliphatic rings. The molecule has 0 bridgehead atoms. The fourth-order valence-electron chi connectivity index (χ4n) is 2.92. The van der Waals surface area contributed by atoms with E-state index in [1.165, 1.54) is 23.5 Å². The van der Waals surface area contributed by atoms with Gasteiger partial charge in [-0.15, -0.1) is 0 Å². The number of nitrogens with zero attached hydrogens (tertiary/aromatic N) is 4. The molecule has 0 atom stereocenters. The number of rotatable bonds is 3. The summed E-state index contributed by atoms with van der Waals surface area (Å²) in [6.07, 6.45) is 5.27. The van der Waals surface area contributed by atoms with Gasteiger partial charge in [0.25, 0.3) is 0 Å². The number of fused-ring (bicyclic) bond motifs is 1. The Balaban J connectivity index is 1.71. The third kappa shape index (κ3) is 2.38. The lowest BCUT2D eigenvalue weighted by Crippen LogP contribution is -2.47. The number of aromatic nitrogens is 2. The van der Waals surface area contributed by atoms with E-state index < -0.39 is 0 Å². The summed E-state index contributed by atoms with van der Waals surface area (Å²) in [5, 5.41) is 1.07. The van der Waals surface area contributed by atoms with Crippen molar-refractivity contribution in [3.63, 3.8) is 0 Å². The number of alkyl halides is 1. The van der Waals surface area contributed by atoms with Crippen LogP contribution >= 0.6 is 15.9 Å². The minimum Gasteiger partial charge on any atom is -0.354 e. The molecule has 0 amide bonds. The number of hydrogen-bond acceptors (Lipinski definition) is 4. The van der Waals surface area contributed by atoms with E-state index in [1.807, 2.05) is 0 Å². The molecule has 0 spiro atoms. The fourth-order valence-corrected chi connectivity index (χ4v) is 3.42. The van der Waals surface area contributed by atoms with Crippen LogP contribution in [-0.2, 0) is 12.8 Å². The Hall–Kier alpha value is -0.680. The summed E-state index contributed by atoms with van der Waals surface area (Å²) in [5.41, 5.74) is 2.69. The van der Waals surface area contributed by atoms with E-state index >= 15 is 0 Å². The van der Waals surface area contributed by atoms with Crippen molar-refractivity contribution in [2.24, 2.45) is 0 Å². The van der Waals surface area contributed by atoms with Crippen molar-refractivity contribution in [1.82, 2.24) is 14.9 Å². The van der Waals surface area contributed by atoms with E-state index in [0.29, 0.717) is 0 Å². The normalized spacial score (nSPS) is 20.2. The topological polar surface area (TPSA) is 32.3 Å². The highest BCUT2D eigenvalue weighted by Crippen LogP contribution is 2.28. The van der Waals surface area contributed by atoms with Gasteiger partial charge in [0, 0.05) is 49.3 Å². The van der Waals surface area contributed by atoms with Crippen LogP contribution in [0.15, 0.2) is 6.33 Å². The van der Waals surface area contributed by atoms with Gasteiger partial charge in [-0.1, -0.05) is 15.9 Å². The van der Waals surface area contributed by atoms with Crippen LogP contribution in [0.5, 0.6) is 0 Å². The van der Waals surface area contributed by atoms with E-state index in [4.69, 9.17) is 0 Å². The highest BCUT2D eigenvalue weighted by atomic mass is 79.9. The molecule has 5 heteroatoms. The standard InChI is InChI=1S/C13H19BrN4/c14-4-5-17-6-8-18(9-7-17)13-11-2-1-3-12(11)15-10-16-13/h10H,1-9H2. The van der Waals surface area contributed by atoms with Crippen molar-refractivity contribution >= 4 is 21.7 Å². The second kappa shape index (κ2) is 5.53. The van der Waals surface area contributed by atoms with Crippen LogP contribution in [0, 0.1) is 0 Å². The average Bonchev–Trinajstić information content (AvgIpc) is 2.88. The second-order valence-corrected chi connectivity index (χ2v) is 5.79.